The fraction of sp³-hybridized carbons (Fsp3) is 0.850. The number of amides is 1. The number of nitrogens with zero attached hydrogens (tertiary/aromatic N) is 4. The summed E-state index contributed by atoms with van der Waals surface area (Å²) in [4.78, 5) is 14.9. The maximum Gasteiger partial charge on any atom is 0.224 e. The molecule has 1 amide bonds. The number of hydrogen-bond donors (Lipinski definition) is 2. The van der Waals surface area contributed by atoms with Gasteiger partial charge in [0.05, 0.1) is 18.7 Å². The van der Waals surface area contributed by atoms with Crippen LogP contribution in [-0.4, -0.2) is 56.1 Å². The van der Waals surface area contributed by atoms with Gasteiger partial charge in [-0.25, -0.2) is 0 Å². The van der Waals surface area contributed by atoms with Crippen LogP contribution >= 0.6 is 0 Å². The van der Waals surface area contributed by atoms with E-state index in [0.717, 1.165) is 63.9 Å². The van der Waals surface area contributed by atoms with Crippen LogP contribution in [0, 0.1) is 11.8 Å². The highest BCUT2D eigenvalue weighted by molar-refractivity contribution is 5.79. The van der Waals surface area contributed by atoms with Crippen molar-refractivity contribution >= 4 is 5.91 Å². The van der Waals surface area contributed by atoms with E-state index in [0.29, 0.717) is 12.0 Å². The summed E-state index contributed by atoms with van der Waals surface area (Å²) in [7, 11) is 0. The van der Waals surface area contributed by atoms with Crippen molar-refractivity contribution < 1.29 is 9.90 Å². The molecule has 0 radical (unpaired) electrons. The van der Waals surface area contributed by atoms with E-state index in [9.17, 15) is 9.90 Å². The van der Waals surface area contributed by atoms with Crippen LogP contribution in [0.4, 0.5) is 0 Å². The average Bonchev–Trinajstić information content (AvgIpc) is 3.12. The SMILES string of the molecule is CC(C)NC(=O)[C@H]1CN2CC[C@@H]1C[C@@H]2Cn1cc(C2(O)CCCCC2)nn1. The van der Waals surface area contributed by atoms with E-state index in [2.05, 4.69) is 20.5 Å². The van der Waals surface area contributed by atoms with Gasteiger partial charge in [0.25, 0.3) is 0 Å². The van der Waals surface area contributed by atoms with Gasteiger partial charge in [-0.15, -0.1) is 5.10 Å². The minimum atomic E-state index is -0.789. The molecule has 7 nitrogen and oxygen atoms in total. The summed E-state index contributed by atoms with van der Waals surface area (Å²) in [5.74, 6) is 0.789. The highest BCUT2D eigenvalue weighted by Crippen LogP contribution is 2.38. The second-order valence-electron chi connectivity index (χ2n) is 9.12. The second kappa shape index (κ2) is 7.51. The lowest BCUT2D eigenvalue weighted by Crippen LogP contribution is -2.58. The van der Waals surface area contributed by atoms with Gasteiger partial charge in [0.15, 0.2) is 0 Å². The van der Waals surface area contributed by atoms with Crippen LogP contribution in [0.1, 0.15) is 64.5 Å². The minimum absolute atomic E-state index is 0.117. The fourth-order valence-corrected chi connectivity index (χ4v) is 5.23. The van der Waals surface area contributed by atoms with Gasteiger partial charge in [-0.05, 0) is 52.0 Å². The molecule has 7 heteroatoms. The average molecular weight is 376 g/mol. The Bertz CT molecular complexity index is 667. The van der Waals surface area contributed by atoms with Gasteiger partial charge in [-0.1, -0.05) is 24.5 Å². The summed E-state index contributed by atoms with van der Waals surface area (Å²) in [6.07, 6.45) is 8.97. The van der Waals surface area contributed by atoms with Crippen LogP contribution in [0.3, 0.4) is 0 Å². The normalized spacial score (nSPS) is 32.6. The van der Waals surface area contributed by atoms with Gasteiger partial charge in [0.1, 0.15) is 11.3 Å². The molecule has 0 aromatic carbocycles. The summed E-state index contributed by atoms with van der Waals surface area (Å²) in [5.41, 5.74) is -0.0603. The Kier molecular flexibility index (Phi) is 5.25. The Morgan fingerprint density at radius 1 is 1.37 bits per heavy atom. The molecule has 1 aromatic heterocycles. The molecule has 2 N–H and O–H groups in total. The summed E-state index contributed by atoms with van der Waals surface area (Å²) in [6, 6.07) is 0.602. The van der Waals surface area contributed by atoms with E-state index >= 15 is 0 Å². The molecule has 1 aromatic rings. The van der Waals surface area contributed by atoms with E-state index < -0.39 is 5.60 Å². The third-order valence-corrected chi connectivity index (χ3v) is 6.74. The molecular weight excluding hydrogens is 342 g/mol. The first-order valence-electron chi connectivity index (χ1n) is 10.6. The van der Waals surface area contributed by atoms with Crippen molar-refractivity contribution in [3.8, 4) is 0 Å². The zero-order valence-corrected chi connectivity index (χ0v) is 16.6. The minimum Gasteiger partial charge on any atom is -0.383 e. The van der Waals surface area contributed by atoms with Gasteiger partial charge in [0.2, 0.25) is 5.91 Å². The van der Waals surface area contributed by atoms with Crippen LogP contribution < -0.4 is 5.32 Å². The quantitative estimate of drug-likeness (QED) is 0.818. The number of rotatable bonds is 5. The van der Waals surface area contributed by atoms with E-state index in [-0.39, 0.29) is 17.9 Å². The number of hydrogen-bond acceptors (Lipinski definition) is 5. The summed E-state index contributed by atoms with van der Waals surface area (Å²) >= 11 is 0. The lowest BCUT2D eigenvalue weighted by molar-refractivity contribution is -0.133. The number of carbonyl (C=O) groups is 1. The molecule has 1 unspecified atom stereocenters. The van der Waals surface area contributed by atoms with Crippen molar-refractivity contribution in [3.05, 3.63) is 11.9 Å². The van der Waals surface area contributed by atoms with Crippen molar-refractivity contribution in [3.63, 3.8) is 0 Å². The Morgan fingerprint density at radius 3 is 2.81 bits per heavy atom. The van der Waals surface area contributed by atoms with E-state index in [1.165, 1.54) is 6.42 Å². The lowest BCUT2D eigenvalue weighted by atomic mass is 9.75. The van der Waals surface area contributed by atoms with Gasteiger partial charge in [0, 0.05) is 18.6 Å². The van der Waals surface area contributed by atoms with Crippen molar-refractivity contribution in [2.24, 2.45) is 11.8 Å². The largest absolute Gasteiger partial charge is 0.383 e. The predicted molar refractivity (Wildman–Crippen MR) is 102 cm³/mol. The first kappa shape index (κ1) is 18.9. The molecule has 1 saturated carbocycles. The third kappa shape index (κ3) is 3.90. The Balaban J connectivity index is 1.38. The topological polar surface area (TPSA) is 83.3 Å². The maximum absolute atomic E-state index is 12.5. The smallest absolute Gasteiger partial charge is 0.224 e. The standard InChI is InChI=1S/C20H33N5O2/c1-14(2)21-19(26)17-12-24-9-6-15(17)10-16(24)11-25-13-18(22-23-25)20(27)7-4-3-5-8-20/h13-17,27H,3-12H2,1-2H3,(H,21,26)/t15-,16-,17+/m1/s1. The van der Waals surface area contributed by atoms with Crippen LogP contribution in [0.15, 0.2) is 6.20 Å². The molecule has 4 atom stereocenters. The van der Waals surface area contributed by atoms with Crippen molar-refractivity contribution in [1.29, 1.82) is 0 Å². The predicted octanol–water partition coefficient (Wildman–Crippen LogP) is 1.66. The van der Waals surface area contributed by atoms with Crippen LogP contribution in [-0.2, 0) is 16.9 Å². The van der Waals surface area contributed by atoms with Crippen LogP contribution in [0.2, 0.25) is 0 Å². The third-order valence-electron chi connectivity index (χ3n) is 6.74. The molecule has 3 aliphatic heterocycles. The number of nitrogens with one attached hydrogen (secondary N) is 1. The van der Waals surface area contributed by atoms with Crippen LogP contribution in [0.5, 0.6) is 0 Å². The molecule has 2 bridgehead atoms. The van der Waals surface area contributed by atoms with Crippen LogP contribution in [0.25, 0.3) is 0 Å². The van der Waals surface area contributed by atoms with Gasteiger partial charge in [-0.2, -0.15) is 0 Å². The number of piperidine rings is 3. The van der Waals surface area contributed by atoms with E-state index in [1.807, 2.05) is 24.7 Å². The molecule has 4 fully saturated rings. The van der Waals surface area contributed by atoms with Crippen molar-refractivity contribution in [2.45, 2.75) is 83.0 Å². The van der Waals surface area contributed by atoms with Gasteiger partial charge < -0.3 is 10.4 Å². The zero-order valence-electron chi connectivity index (χ0n) is 16.6. The first-order chi connectivity index (χ1) is 12.9. The summed E-state index contributed by atoms with van der Waals surface area (Å²) < 4.78 is 1.90. The number of aliphatic hydroxyl groups is 1. The maximum atomic E-state index is 12.5. The first-order valence-corrected chi connectivity index (χ1v) is 10.6. The number of fused-ring (bicyclic) bond motifs is 3. The van der Waals surface area contributed by atoms with E-state index in [4.69, 9.17) is 0 Å². The highest BCUT2D eigenvalue weighted by atomic mass is 16.3. The van der Waals surface area contributed by atoms with Gasteiger partial charge >= 0.3 is 0 Å². The summed E-state index contributed by atoms with van der Waals surface area (Å²) in [5, 5.41) is 22.6. The molecule has 3 saturated heterocycles. The Labute approximate surface area is 161 Å². The lowest BCUT2D eigenvalue weighted by Gasteiger charge is -2.49. The molecular formula is C20H33N5O2. The molecule has 0 spiro atoms. The van der Waals surface area contributed by atoms with Crippen molar-refractivity contribution in [1.82, 2.24) is 25.2 Å². The number of carbonyl (C=O) groups excluding carboxylic acids is 1. The monoisotopic (exact) mass is 375 g/mol. The highest BCUT2D eigenvalue weighted by Gasteiger charge is 2.43. The molecule has 1 aliphatic carbocycles. The molecule has 5 rings (SSSR count). The molecule has 4 heterocycles. The molecule has 27 heavy (non-hydrogen) atoms. The molecule has 4 aliphatic rings. The van der Waals surface area contributed by atoms with Crippen molar-refractivity contribution in [2.75, 3.05) is 13.1 Å². The molecule has 150 valence electrons. The Morgan fingerprint density at radius 2 is 2.15 bits per heavy atom. The van der Waals surface area contributed by atoms with Gasteiger partial charge in [-0.3, -0.25) is 14.4 Å². The van der Waals surface area contributed by atoms with E-state index in [1.54, 1.807) is 0 Å². The second-order valence-corrected chi connectivity index (χ2v) is 9.12. The zero-order chi connectivity index (χ0) is 19.0. The fourth-order valence-electron chi connectivity index (χ4n) is 5.23. The Hall–Kier alpha value is -1.47. The summed E-state index contributed by atoms with van der Waals surface area (Å²) in [6.45, 7) is 6.74. The number of aromatic nitrogens is 3.